The Morgan fingerprint density at radius 3 is 2.53 bits per heavy atom. The molecule has 2 heterocycles. The van der Waals surface area contributed by atoms with E-state index in [0.29, 0.717) is 5.41 Å². The smallest absolute Gasteiger partial charge is 0.297 e. The zero-order valence-corrected chi connectivity index (χ0v) is 12.9. The molecule has 0 bridgehead atoms. The van der Waals surface area contributed by atoms with Gasteiger partial charge in [0, 0.05) is 25.2 Å². The van der Waals surface area contributed by atoms with Gasteiger partial charge in [-0.2, -0.15) is 4.98 Å². The molecule has 0 amide bonds. The first-order chi connectivity index (χ1) is 8.75. The van der Waals surface area contributed by atoms with E-state index in [0.717, 1.165) is 31.3 Å². The van der Waals surface area contributed by atoms with E-state index in [1.54, 1.807) is 6.26 Å². The maximum atomic E-state index is 5.61. The molecule has 2 rings (SSSR count). The molecule has 0 saturated carbocycles. The molecule has 1 aromatic heterocycles. The standard InChI is InChI=1S/C15H27N3O/c1-14(2,3)16-10-12-11-19-13(17-12)18-8-6-15(4,5)7-9-18/h11,16H,6-10H2,1-5H3. The second kappa shape index (κ2) is 5.16. The Bertz CT molecular complexity index is 407. The van der Waals surface area contributed by atoms with Gasteiger partial charge in [0.25, 0.3) is 6.01 Å². The van der Waals surface area contributed by atoms with Crippen LogP contribution in [-0.4, -0.2) is 23.6 Å². The summed E-state index contributed by atoms with van der Waals surface area (Å²) in [6.45, 7) is 14.0. The molecule has 19 heavy (non-hydrogen) atoms. The summed E-state index contributed by atoms with van der Waals surface area (Å²) in [7, 11) is 0. The van der Waals surface area contributed by atoms with Crippen LogP contribution in [0.3, 0.4) is 0 Å². The van der Waals surface area contributed by atoms with E-state index in [4.69, 9.17) is 4.42 Å². The number of hydrogen-bond acceptors (Lipinski definition) is 4. The van der Waals surface area contributed by atoms with Gasteiger partial charge < -0.3 is 14.6 Å². The molecule has 108 valence electrons. The van der Waals surface area contributed by atoms with E-state index in [1.807, 2.05) is 0 Å². The average Bonchev–Trinajstić information content (AvgIpc) is 2.74. The summed E-state index contributed by atoms with van der Waals surface area (Å²) in [5.41, 5.74) is 1.54. The molecule has 0 spiro atoms. The van der Waals surface area contributed by atoms with Crippen LogP contribution >= 0.6 is 0 Å². The van der Waals surface area contributed by atoms with Gasteiger partial charge in [0.2, 0.25) is 0 Å². The van der Waals surface area contributed by atoms with Crippen LogP contribution in [0.15, 0.2) is 10.7 Å². The van der Waals surface area contributed by atoms with Crippen molar-refractivity contribution in [3.8, 4) is 0 Å². The SMILES string of the molecule is CC1(C)CCN(c2nc(CNC(C)(C)C)co2)CC1. The molecule has 0 aliphatic carbocycles. The summed E-state index contributed by atoms with van der Waals surface area (Å²) in [6.07, 6.45) is 4.17. The first kappa shape index (κ1) is 14.4. The second-order valence-electron chi connectivity index (χ2n) is 7.38. The molecule has 1 aliphatic rings. The number of rotatable bonds is 3. The van der Waals surface area contributed by atoms with Gasteiger partial charge in [-0.15, -0.1) is 0 Å². The highest BCUT2D eigenvalue weighted by atomic mass is 16.4. The van der Waals surface area contributed by atoms with Crippen molar-refractivity contribution in [2.45, 2.75) is 59.5 Å². The predicted octanol–water partition coefficient (Wildman–Crippen LogP) is 3.19. The molecular formula is C15H27N3O. The van der Waals surface area contributed by atoms with E-state index in [9.17, 15) is 0 Å². The third kappa shape index (κ3) is 4.23. The van der Waals surface area contributed by atoms with E-state index >= 15 is 0 Å². The van der Waals surface area contributed by atoms with Crippen molar-refractivity contribution in [3.05, 3.63) is 12.0 Å². The number of piperidine rings is 1. The van der Waals surface area contributed by atoms with Crippen LogP contribution in [0.25, 0.3) is 0 Å². The van der Waals surface area contributed by atoms with Crippen LogP contribution in [0.2, 0.25) is 0 Å². The highest BCUT2D eigenvalue weighted by Crippen LogP contribution is 2.31. The van der Waals surface area contributed by atoms with Crippen molar-refractivity contribution in [3.63, 3.8) is 0 Å². The lowest BCUT2D eigenvalue weighted by molar-refractivity contribution is 0.273. The van der Waals surface area contributed by atoms with Gasteiger partial charge >= 0.3 is 0 Å². The van der Waals surface area contributed by atoms with Crippen molar-refractivity contribution in [1.29, 1.82) is 0 Å². The fourth-order valence-electron chi connectivity index (χ4n) is 2.18. The Hall–Kier alpha value is -1.03. The summed E-state index contributed by atoms with van der Waals surface area (Å²) in [6, 6.07) is 0.779. The van der Waals surface area contributed by atoms with E-state index in [1.165, 1.54) is 12.8 Å². The number of anilines is 1. The van der Waals surface area contributed by atoms with Gasteiger partial charge in [0.1, 0.15) is 6.26 Å². The van der Waals surface area contributed by atoms with Gasteiger partial charge in [-0.05, 0) is 39.0 Å². The summed E-state index contributed by atoms with van der Waals surface area (Å²) < 4.78 is 5.61. The quantitative estimate of drug-likeness (QED) is 0.911. The highest BCUT2D eigenvalue weighted by molar-refractivity contribution is 5.28. The zero-order chi connectivity index (χ0) is 14.1. The third-order valence-electron chi connectivity index (χ3n) is 3.73. The molecule has 4 nitrogen and oxygen atoms in total. The predicted molar refractivity (Wildman–Crippen MR) is 78.3 cm³/mol. The fourth-order valence-corrected chi connectivity index (χ4v) is 2.18. The molecule has 1 saturated heterocycles. The Balaban J connectivity index is 1.91. The number of aromatic nitrogens is 1. The van der Waals surface area contributed by atoms with Crippen LogP contribution in [-0.2, 0) is 6.54 Å². The van der Waals surface area contributed by atoms with Gasteiger partial charge in [-0.3, -0.25) is 0 Å². The van der Waals surface area contributed by atoms with E-state index < -0.39 is 0 Å². The molecule has 0 aromatic carbocycles. The second-order valence-corrected chi connectivity index (χ2v) is 7.38. The Kier molecular flexibility index (Phi) is 3.90. The lowest BCUT2D eigenvalue weighted by atomic mass is 9.83. The highest BCUT2D eigenvalue weighted by Gasteiger charge is 2.27. The minimum Gasteiger partial charge on any atom is -0.432 e. The summed E-state index contributed by atoms with van der Waals surface area (Å²) in [5.74, 6) is 0. The zero-order valence-electron chi connectivity index (χ0n) is 12.9. The molecule has 0 radical (unpaired) electrons. The third-order valence-corrected chi connectivity index (χ3v) is 3.73. The molecule has 0 unspecified atom stereocenters. The molecule has 1 aliphatic heterocycles. The molecule has 1 fully saturated rings. The first-order valence-corrected chi connectivity index (χ1v) is 7.20. The summed E-state index contributed by atoms with van der Waals surface area (Å²) in [4.78, 5) is 6.84. The largest absolute Gasteiger partial charge is 0.432 e. The van der Waals surface area contributed by atoms with Gasteiger partial charge in [0.05, 0.1) is 5.69 Å². The maximum absolute atomic E-state index is 5.61. The number of hydrogen-bond donors (Lipinski definition) is 1. The minimum atomic E-state index is 0.105. The van der Waals surface area contributed by atoms with Crippen LogP contribution < -0.4 is 10.2 Å². The van der Waals surface area contributed by atoms with Crippen LogP contribution in [0.4, 0.5) is 6.01 Å². The molecule has 1 N–H and O–H groups in total. The maximum Gasteiger partial charge on any atom is 0.297 e. The lowest BCUT2D eigenvalue weighted by Gasteiger charge is -2.35. The van der Waals surface area contributed by atoms with Gasteiger partial charge in [0.15, 0.2) is 0 Å². The van der Waals surface area contributed by atoms with E-state index in [2.05, 4.69) is 49.8 Å². The number of nitrogens with one attached hydrogen (secondary N) is 1. The Morgan fingerprint density at radius 1 is 1.32 bits per heavy atom. The molecule has 1 aromatic rings. The van der Waals surface area contributed by atoms with Crippen molar-refractivity contribution in [2.24, 2.45) is 5.41 Å². The van der Waals surface area contributed by atoms with Crippen molar-refractivity contribution >= 4 is 6.01 Å². The molecule has 0 atom stereocenters. The van der Waals surface area contributed by atoms with Crippen molar-refractivity contribution < 1.29 is 4.42 Å². The molecular weight excluding hydrogens is 238 g/mol. The van der Waals surface area contributed by atoms with Crippen LogP contribution in [0.5, 0.6) is 0 Å². The monoisotopic (exact) mass is 265 g/mol. The number of nitrogens with zero attached hydrogens (tertiary/aromatic N) is 2. The van der Waals surface area contributed by atoms with Crippen molar-refractivity contribution in [1.82, 2.24) is 10.3 Å². The molecule has 4 heteroatoms. The number of oxazole rings is 1. The average molecular weight is 265 g/mol. The minimum absolute atomic E-state index is 0.105. The van der Waals surface area contributed by atoms with Crippen molar-refractivity contribution in [2.75, 3.05) is 18.0 Å². The van der Waals surface area contributed by atoms with Crippen LogP contribution in [0, 0.1) is 5.41 Å². The first-order valence-electron chi connectivity index (χ1n) is 7.20. The summed E-state index contributed by atoms with van der Waals surface area (Å²) in [5, 5.41) is 3.43. The van der Waals surface area contributed by atoms with Gasteiger partial charge in [-0.25, -0.2) is 0 Å². The lowest BCUT2D eigenvalue weighted by Crippen LogP contribution is -2.37. The Labute approximate surface area is 116 Å². The van der Waals surface area contributed by atoms with E-state index in [-0.39, 0.29) is 5.54 Å². The fraction of sp³-hybridized carbons (Fsp3) is 0.800. The van der Waals surface area contributed by atoms with Gasteiger partial charge in [-0.1, -0.05) is 13.8 Å². The normalized spacial score (nSPS) is 19.7. The summed E-state index contributed by atoms with van der Waals surface area (Å²) >= 11 is 0. The Morgan fingerprint density at radius 2 is 1.95 bits per heavy atom. The van der Waals surface area contributed by atoms with Crippen LogP contribution in [0.1, 0.15) is 53.2 Å². The topological polar surface area (TPSA) is 41.3 Å².